The van der Waals surface area contributed by atoms with Gasteiger partial charge in [0.05, 0.1) is 0 Å². The maximum Gasteiger partial charge on any atom is 0.358 e. The van der Waals surface area contributed by atoms with Crippen LogP contribution in [0.4, 0.5) is 0 Å². The van der Waals surface area contributed by atoms with E-state index in [9.17, 15) is 4.79 Å². The van der Waals surface area contributed by atoms with Crippen molar-refractivity contribution in [2.75, 3.05) is 0 Å². The zero-order valence-electron chi connectivity index (χ0n) is 6.43. The van der Waals surface area contributed by atoms with E-state index in [-0.39, 0.29) is 5.69 Å². The van der Waals surface area contributed by atoms with Gasteiger partial charge in [0.2, 0.25) is 0 Å². The Morgan fingerprint density at radius 1 is 1.62 bits per heavy atom. The number of aromatic carboxylic acids is 1. The molecule has 66 valence electrons. The predicted molar refractivity (Wildman–Crippen MR) is 46.8 cm³/mol. The largest absolute Gasteiger partial charge is 0.476 e. The van der Waals surface area contributed by atoms with Gasteiger partial charge in [0.25, 0.3) is 0 Å². The molecular formula is C8H5NO3S. The fraction of sp³-hybridized carbons (Fsp3) is 0. The molecule has 5 heteroatoms. The molecule has 0 saturated heterocycles. The summed E-state index contributed by atoms with van der Waals surface area (Å²) in [5, 5.41) is 12.4. The van der Waals surface area contributed by atoms with Crippen LogP contribution in [-0.2, 0) is 0 Å². The van der Waals surface area contributed by atoms with Crippen molar-refractivity contribution in [3.8, 4) is 11.3 Å². The van der Waals surface area contributed by atoms with E-state index in [0.29, 0.717) is 5.76 Å². The molecule has 0 aliphatic rings. The second-order valence-corrected chi connectivity index (χ2v) is 3.13. The molecule has 1 N–H and O–H groups in total. The van der Waals surface area contributed by atoms with Crippen LogP contribution in [0.2, 0.25) is 0 Å². The standard InChI is InChI=1S/C8H5NO3S/c10-8(11)6-7(12-4-9-6)5-1-2-13-3-5/h1-4H,(H,10,11). The van der Waals surface area contributed by atoms with Crippen molar-refractivity contribution in [1.29, 1.82) is 0 Å². The molecule has 0 aromatic carbocycles. The molecule has 13 heavy (non-hydrogen) atoms. The lowest BCUT2D eigenvalue weighted by Gasteiger charge is -1.91. The fourth-order valence-electron chi connectivity index (χ4n) is 0.997. The molecule has 0 spiro atoms. The van der Waals surface area contributed by atoms with E-state index in [1.165, 1.54) is 11.3 Å². The molecule has 2 heterocycles. The minimum Gasteiger partial charge on any atom is -0.476 e. The molecule has 0 amide bonds. The maximum atomic E-state index is 10.7. The van der Waals surface area contributed by atoms with Crippen LogP contribution in [0.15, 0.2) is 27.6 Å². The molecule has 0 unspecified atom stereocenters. The van der Waals surface area contributed by atoms with E-state index >= 15 is 0 Å². The van der Waals surface area contributed by atoms with Crippen molar-refractivity contribution < 1.29 is 14.3 Å². The number of nitrogens with zero attached hydrogens (tertiary/aromatic N) is 1. The minimum absolute atomic E-state index is 0.0431. The maximum absolute atomic E-state index is 10.7. The Labute approximate surface area is 77.5 Å². The molecule has 0 bridgehead atoms. The zero-order valence-corrected chi connectivity index (χ0v) is 7.25. The van der Waals surface area contributed by atoms with Gasteiger partial charge in [0.15, 0.2) is 17.8 Å². The van der Waals surface area contributed by atoms with Gasteiger partial charge in [-0.05, 0) is 11.4 Å². The first-order valence-electron chi connectivity index (χ1n) is 3.48. The molecule has 4 nitrogen and oxygen atoms in total. The van der Waals surface area contributed by atoms with E-state index < -0.39 is 5.97 Å². The summed E-state index contributed by atoms with van der Waals surface area (Å²) in [4.78, 5) is 14.3. The minimum atomic E-state index is -1.07. The summed E-state index contributed by atoms with van der Waals surface area (Å²) in [6, 6.07) is 1.79. The molecule has 2 aromatic heterocycles. The normalized spacial score (nSPS) is 10.2. The van der Waals surface area contributed by atoms with Crippen molar-refractivity contribution in [2.24, 2.45) is 0 Å². The number of carboxylic acid groups (broad SMARTS) is 1. The van der Waals surface area contributed by atoms with Crippen LogP contribution in [0.25, 0.3) is 11.3 Å². The van der Waals surface area contributed by atoms with E-state index in [2.05, 4.69) is 4.98 Å². The predicted octanol–water partition coefficient (Wildman–Crippen LogP) is 2.10. The van der Waals surface area contributed by atoms with Crippen LogP contribution in [-0.4, -0.2) is 16.1 Å². The first kappa shape index (κ1) is 8.00. The van der Waals surface area contributed by atoms with Gasteiger partial charge in [-0.15, -0.1) is 0 Å². The second-order valence-electron chi connectivity index (χ2n) is 2.35. The number of hydrogen-bond acceptors (Lipinski definition) is 4. The third-order valence-electron chi connectivity index (χ3n) is 1.55. The van der Waals surface area contributed by atoms with Gasteiger partial charge in [0, 0.05) is 10.9 Å². The van der Waals surface area contributed by atoms with E-state index in [1.54, 1.807) is 6.07 Å². The SMILES string of the molecule is O=C(O)c1ncoc1-c1ccsc1. The number of hydrogen-bond donors (Lipinski definition) is 1. The summed E-state index contributed by atoms with van der Waals surface area (Å²) in [6.07, 6.45) is 1.14. The summed E-state index contributed by atoms with van der Waals surface area (Å²) >= 11 is 1.48. The summed E-state index contributed by atoms with van der Waals surface area (Å²) in [5.41, 5.74) is 0.707. The van der Waals surface area contributed by atoms with Crippen LogP contribution >= 0.6 is 11.3 Å². The lowest BCUT2D eigenvalue weighted by atomic mass is 10.2. The first-order valence-corrected chi connectivity index (χ1v) is 4.42. The Bertz CT molecular complexity index is 418. The summed E-state index contributed by atoms with van der Waals surface area (Å²) in [7, 11) is 0. The molecule has 0 aliphatic heterocycles. The Morgan fingerprint density at radius 2 is 2.46 bits per heavy atom. The van der Waals surface area contributed by atoms with Crippen LogP contribution in [0, 0.1) is 0 Å². The first-order chi connectivity index (χ1) is 6.29. The van der Waals surface area contributed by atoms with Gasteiger partial charge in [0.1, 0.15) is 0 Å². The van der Waals surface area contributed by atoms with E-state index in [4.69, 9.17) is 9.52 Å². The van der Waals surface area contributed by atoms with Crippen LogP contribution in [0.5, 0.6) is 0 Å². The number of aromatic nitrogens is 1. The number of carbonyl (C=O) groups is 1. The molecule has 0 atom stereocenters. The molecule has 0 saturated carbocycles. The molecule has 0 aliphatic carbocycles. The highest BCUT2D eigenvalue weighted by Crippen LogP contribution is 2.24. The number of rotatable bonds is 2. The fourth-order valence-corrected chi connectivity index (χ4v) is 1.63. The lowest BCUT2D eigenvalue weighted by molar-refractivity contribution is 0.0691. The molecule has 2 rings (SSSR count). The summed E-state index contributed by atoms with van der Waals surface area (Å²) in [5.74, 6) is -0.760. The highest BCUT2D eigenvalue weighted by atomic mass is 32.1. The summed E-state index contributed by atoms with van der Waals surface area (Å²) < 4.78 is 4.99. The van der Waals surface area contributed by atoms with Crippen LogP contribution in [0.1, 0.15) is 10.5 Å². The molecule has 0 fully saturated rings. The highest BCUT2D eigenvalue weighted by molar-refractivity contribution is 7.08. The monoisotopic (exact) mass is 195 g/mol. The van der Waals surface area contributed by atoms with Crippen molar-refractivity contribution in [3.63, 3.8) is 0 Å². The van der Waals surface area contributed by atoms with Gasteiger partial charge in [-0.2, -0.15) is 11.3 Å². The van der Waals surface area contributed by atoms with Crippen molar-refractivity contribution >= 4 is 17.3 Å². The van der Waals surface area contributed by atoms with Crippen molar-refractivity contribution in [2.45, 2.75) is 0 Å². The topological polar surface area (TPSA) is 63.3 Å². The zero-order chi connectivity index (χ0) is 9.26. The summed E-state index contributed by atoms with van der Waals surface area (Å²) in [6.45, 7) is 0. The lowest BCUT2D eigenvalue weighted by Crippen LogP contribution is -1.97. The number of oxazole rings is 1. The average Bonchev–Trinajstić information content (AvgIpc) is 2.74. The van der Waals surface area contributed by atoms with E-state index in [0.717, 1.165) is 12.0 Å². The third kappa shape index (κ3) is 1.33. The van der Waals surface area contributed by atoms with Gasteiger partial charge in [-0.3, -0.25) is 0 Å². The van der Waals surface area contributed by atoms with Crippen molar-refractivity contribution in [1.82, 2.24) is 4.98 Å². The molecular weight excluding hydrogens is 190 g/mol. The average molecular weight is 195 g/mol. The van der Waals surface area contributed by atoms with Crippen LogP contribution < -0.4 is 0 Å². The molecule has 0 radical (unpaired) electrons. The Hall–Kier alpha value is -1.62. The van der Waals surface area contributed by atoms with Gasteiger partial charge in [-0.1, -0.05) is 0 Å². The Kier molecular flexibility index (Phi) is 1.86. The van der Waals surface area contributed by atoms with Crippen molar-refractivity contribution in [3.05, 3.63) is 28.9 Å². The van der Waals surface area contributed by atoms with Crippen LogP contribution in [0.3, 0.4) is 0 Å². The van der Waals surface area contributed by atoms with E-state index in [1.807, 2.05) is 10.8 Å². The Morgan fingerprint density at radius 3 is 3.08 bits per heavy atom. The second kappa shape index (κ2) is 3.02. The Balaban J connectivity index is 2.52. The number of thiophene rings is 1. The third-order valence-corrected chi connectivity index (χ3v) is 2.24. The smallest absolute Gasteiger partial charge is 0.358 e. The highest BCUT2D eigenvalue weighted by Gasteiger charge is 2.16. The quantitative estimate of drug-likeness (QED) is 0.797. The number of carboxylic acids is 1. The van der Waals surface area contributed by atoms with Gasteiger partial charge in [-0.25, -0.2) is 9.78 Å². The molecule has 2 aromatic rings. The van der Waals surface area contributed by atoms with Gasteiger partial charge < -0.3 is 9.52 Å². The van der Waals surface area contributed by atoms with Gasteiger partial charge >= 0.3 is 5.97 Å².